The number of aromatic nitrogens is 3. The fraction of sp³-hybridized carbons (Fsp3) is 0.190. The van der Waals surface area contributed by atoms with E-state index in [-0.39, 0.29) is 12.6 Å². The molecule has 0 atom stereocenters. The van der Waals surface area contributed by atoms with Gasteiger partial charge in [-0.2, -0.15) is 18.3 Å². The monoisotopic (exact) mass is 427 g/mol. The van der Waals surface area contributed by atoms with Gasteiger partial charge in [0.1, 0.15) is 6.26 Å². The third-order valence-electron chi connectivity index (χ3n) is 5.23. The molecule has 10 heteroatoms. The predicted molar refractivity (Wildman–Crippen MR) is 106 cm³/mol. The number of alkyl halides is 3. The van der Waals surface area contributed by atoms with Crippen molar-refractivity contribution in [2.45, 2.75) is 12.7 Å². The SMILES string of the molecule is O=C1N(Cc2ncco2)CCN1c1cccc2c1cnn2-c1ccc(C(F)(F)F)cc1. The summed E-state index contributed by atoms with van der Waals surface area (Å²) in [4.78, 5) is 20.3. The lowest BCUT2D eigenvalue weighted by Crippen LogP contribution is -2.31. The number of rotatable bonds is 4. The number of hydrogen-bond donors (Lipinski definition) is 0. The number of halogens is 3. The molecular weight excluding hydrogens is 411 g/mol. The van der Waals surface area contributed by atoms with Gasteiger partial charge < -0.3 is 9.32 Å². The van der Waals surface area contributed by atoms with Crippen LogP contribution >= 0.6 is 0 Å². The summed E-state index contributed by atoms with van der Waals surface area (Å²) in [6.45, 7) is 1.29. The summed E-state index contributed by atoms with van der Waals surface area (Å²) in [7, 11) is 0. The smallest absolute Gasteiger partial charge is 0.416 e. The van der Waals surface area contributed by atoms with Gasteiger partial charge in [0.05, 0.1) is 41.4 Å². The first-order chi connectivity index (χ1) is 14.9. The third kappa shape index (κ3) is 3.39. The van der Waals surface area contributed by atoms with Gasteiger partial charge in [0.2, 0.25) is 5.89 Å². The Bertz CT molecular complexity index is 1230. The molecule has 7 nitrogen and oxygen atoms in total. The second-order valence-electron chi connectivity index (χ2n) is 7.09. The van der Waals surface area contributed by atoms with Crippen LogP contribution in [0.5, 0.6) is 0 Å². The molecule has 1 aliphatic heterocycles. The number of oxazole rings is 1. The van der Waals surface area contributed by atoms with E-state index in [9.17, 15) is 18.0 Å². The molecule has 0 radical (unpaired) electrons. The fourth-order valence-electron chi connectivity index (χ4n) is 3.72. The summed E-state index contributed by atoms with van der Waals surface area (Å²) in [5, 5.41) is 5.08. The van der Waals surface area contributed by atoms with Crippen LogP contribution in [0, 0.1) is 0 Å². The van der Waals surface area contributed by atoms with E-state index < -0.39 is 11.7 Å². The van der Waals surface area contributed by atoms with Crippen LogP contribution in [0.4, 0.5) is 23.7 Å². The van der Waals surface area contributed by atoms with Gasteiger partial charge in [0.25, 0.3) is 0 Å². The van der Waals surface area contributed by atoms with Crippen molar-refractivity contribution in [3.05, 3.63) is 72.6 Å². The highest BCUT2D eigenvalue weighted by molar-refractivity contribution is 6.03. The number of carbonyl (C=O) groups is 1. The number of fused-ring (bicyclic) bond motifs is 1. The Morgan fingerprint density at radius 2 is 1.87 bits per heavy atom. The molecule has 2 aromatic carbocycles. The van der Waals surface area contributed by atoms with Crippen molar-refractivity contribution in [1.29, 1.82) is 0 Å². The summed E-state index contributed by atoms with van der Waals surface area (Å²) >= 11 is 0. The predicted octanol–water partition coefficient (Wildman–Crippen LogP) is 4.47. The van der Waals surface area contributed by atoms with Crippen LogP contribution in [0.2, 0.25) is 0 Å². The maximum Gasteiger partial charge on any atom is 0.416 e. The summed E-state index contributed by atoms with van der Waals surface area (Å²) in [6.07, 6.45) is 0.214. The standard InChI is InChI=1S/C21H16F3N5O2/c22-21(23,24)14-4-6-15(7-5-14)29-18-3-1-2-17(16(18)12-26-29)28-10-9-27(20(28)30)13-19-25-8-11-31-19/h1-8,11-12H,9-10,13H2. The Morgan fingerprint density at radius 3 is 2.58 bits per heavy atom. The Kier molecular flexibility index (Phi) is 4.42. The van der Waals surface area contributed by atoms with Crippen molar-refractivity contribution < 1.29 is 22.4 Å². The molecule has 5 rings (SSSR count). The van der Waals surface area contributed by atoms with Gasteiger partial charge in [-0.15, -0.1) is 0 Å². The molecule has 0 bridgehead atoms. The molecule has 1 fully saturated rings. The molecule has 4 aromatic rings. The lowest BCUT2D eigenvalue weighted by Gasteiger charge is -2.18. The highest BCUT2D eigenvalue weighted by Crippen LogP contribution is 2.33. The van der Waals surface area contributed by atoms with Gasteiger partial charge in [0.15, 0.2) is 0 Å². The first-order valence-electron chi connectivity index (χ1n) is 9.51. The minimum atomic E-state index is -4.40. The highest BCUT2D eigenvalue weighted by Gasteiger charge is 2.32. The minimum Gasteiger partial charge on any atom is -0.447 e. The molecule has 1 saturated heterocycles. The van der Waals surface area contributed by atoms with Crippen molar-refractivity contribution in [3.8, 4) is 5.69 Å². The van der Waals surface area contributed by atoms with Gasteiger partial charge in [-0.1, -0.05) is 6.07 Å². The zero-order valence-electron chi connectivity index (χ0n) is 16.1. The average Bonchev–Trinajstić information content (AvgIpc) is 3.49. The van der Waals surface area contributed by atoms with E-state index in [1.807, 2.05) is 12.1 Å². The molecule has 0 spiro atoms. The van der Waals surface area contributed by atoms with E-state index in [1.54, 1.807) is 26.7 Å². The number of benzene rings is 2. The largest absolute Gasteiger partial charge is 0.447 e. The van der Waals surface area contributed by atoms with Crippen molar-refractivity contribution in [2.24, 2.45) is 0 Å². The van der Waals surface area contributed by atoms with Crippen molar-refractivity contribution >= 4 is 22.6 Å². The molecule has 2 amide bonds. The normalized spacial score (nSPS) is 14.7. The Morgan fingerprint density at radius 1 is 1.06 bits per heavy atom. The molecule has 0 unspecified atom stereocenters. The molecule has 1 aliphatic rings. The number of hydrogen-bond acceptors (Lipinski definition) is 4. The van der Waals surface area contributed by atoms with Gasteiger partial charge in [-0.25, -0.2) is 14.5 Å². The zero-order chi connectivity index (χ0) is 21.6. The van der Waals surface area contributed by atoms with E-state index >= 15 is 0 Å². The summed E-state index contributed by atoms with van der Waals surface area (Å²) in [5.41, 5.74) is 1.16. The lowest BCUT2D eigenvalue weighted by atomic mass is 10.2. The van der Waals surface area contributed by atoms with Crippen molar-refractivity contribution in [1.82, 2.24) is 19.7 Å². The quantitative estimate of drug-likeness (QED) is 0.482. The lowest BCUT2D eigenvalue weighted by molar-refractivity contribution is -0.137. The van der Waals surface area contributed by atoms with Crippen LogP contribution in [-0.2, 0) is 12.7 Å². The van der Waals surface area contributed by atoms with Crippen molar-refractivity contribution in [3.63, 3.8) is 0 Å². The second kappa shape index (κ2) is 7.15. The summed E-state index contributed by atoms with van der Waals surface area (Å²) < 4.78 is 45.4. The van der Waals surface area contributed by atoms with Gasteiger partial charge in [0, 0.05) is 18.5 Å². The van der Waals surface area contributed by atoms with Crippen LogP contribution in [-0.4, -0.2) is 38.8 Å². The van der Waals surface area contributed by atoms with Crippen LogP contribution in [0.15, 0.2) is 65.5 Å². The maximum absolute atomic E-state index is 12.9. The van der Waals surface area contributed by atoms with Crippen LogP contribution in [0.1, 0.15) is 11.5 Å². The Hall–Kier alpha value is -3.82. The molecule has 0 aliphatic carbocycles. The number of anilines is 1. The molecule has 2 aromatic heterocycles. The van der Waals surface area contributed by atoms with Gasteiger partial charge in [-0.3, -0.25) is 4.90 Å². The molecule has 3 heterocycles. The second-order valence-corrected chi connectivity index (χ2v) is 7.09. The molecule has 0 saturated carbocycles. The molecule has 158 valence electrons. The number of carbonyl (C=O) groups excluding carboxylic acids is 1. The number of urea groups is 1. The van der Waals surface area contributed by atoms with E-state index in [1.165, 1.54) is 24.6 Å². The molecular formula is C21H16F3N5O2. The van der Waals surface area contributed by atoms with Crippen molar-refractivity contribution in [2.75, 3.05) is 18.0 Å². The Labute approximate surface area is 174 Å². The van der Waals surface area contributed by atoms with E-state index in [4.69, 9.17) is 4.42 Å². The fourth-order valence-corrected chi connectivity index (χ4v) is 3.72. The van der Waals surface area contributed by atoms with Crippen LogP contribution in [0.3, 0.4) is 0 Å². The third-order valence-corrected chi connectivity index (χ3v) is 5.23. The van der Waals surface area contributed by atoms with E-state index in [2.05, 4.69) is 10.1 Å². The first-order valence-corrected chi connectivity index (χ1v) is 9.51. The number of amides is 2. The highest BCUT2D eigenvalue weighted by atomic mass is 19.4. The zero-order valence-corrected chi connectivity index (χ0v) is 16.1. The summed E-state index contributed by atoms with van der Waals surface area (Å²) in [5.74, 6) is 0.462. The Balaban J connectivity index is 1.45. The molecule has 31 heavy (non-hydrogen) atoms. The summed E-state index contributed by atoms with van der Waals surface area (Å²) in [6, 6.07) is 10.1. The van der Waals surface area contributed by atoms with Crippen LogP contribution < -0.4 is 4.90 Å². The average molecular weight is 427 g/mol. The first kappa shape index (κ1) is 19.2. The van der Waals surface area contributed by atoms with Gasteiger partial charge >= 0.3 is 12.2 Å². The minimum absolute atomic E-state index is 0.173. The van der Waals surface area contributed by atoms with Gasteiger partial charge in [-0.05, 0) is 36.4 Å². The van der Waals surface area contributed by atoms with E-state index in [0.29, 0.717) is 35.9 Å². The number of nitrogens with zero attached hydrogens (tertiary/aromatic N) is 5. The van der Waals surface area contributed by atoms with Crippen LogP contribution in [0.25, 0.3) is 16.6 Å². The molecule has 0 N–H and O–H groups in total. The topological polar surface area (TPSA) is 67.4 Å². The maximum atomic E-state index is 12.9. The van der Waals surface area contributed by atoms with E-state index in [0.717, 1.165) is 17.5 Å².